The van der Waals surface area contributed by atoms with Gasteiger partial charge in [0.2, 0.25) is 5.91 Å². The minimum atomic E-state index is -0.615. The van der Waals surface area contributed by atoms with Gasteiger partial charge in [-0.1, -0.05) is 37.3 Å². The van der Waals surface area contributed by atoms with E-state index in [0.29, 0.717) is 24.3 Å². The Balaban J connectivity index is 1.52. The van der Waals surface area contributed by atoms with Gasteiger partial charge in [-0.25, -0.2) is 4.68 Å². The molecule has 0 fully saturated rings. The zero-order valence-electron chi connectivity index (χ0n) is 16.6. The maximum absolute atomic E-state index is 13.1. The van der Waals surface area contributed by atoms with Crippen LogP contribution in [0, 0.1) is 6.92 Å². The fourth-order valence-corrected chi connectivity index (χ4v) is 4.55. The van der Waals surface area contributed by atoms with E-state index in [1.165, 1.54) is 10.2 Å². The van der Waals surface area contributed by atoms with Crippen LogP contribution in [0.3, 0.4) is 0 Å². The summed E-state index contributed by atoms with van der Waals surface area (Å²) in [5.74, 6) is 0.538. The monoisotopic (exact) mass is 408 g/mol. The molecule has 0 aliphatic rings. The fraction of sp³-hybridized carbons (Fsp3) is 0.318. The number of benzene rings is 1. The Morgan fingerprint density at radius 3 is 2.76 bits per heavy atom. The van der Waals surface area contributed by atoms with Crippen LogP contribution in [0.15, 0.2) is 52.6 Å². The van der Waals surface area contributed by atoms with E-state index in [1.807, 2.05) is 54.0 Å². The summed E-state index contributed by atoms with van der Waals surface area (Å²) < 4.78 is 4.26. The Labute approximate surface area is 172 Å². The largest absolute Gasteiger partial charge is 0.354 e. The van der Waals surface area contributed by atoms with E-state index < -0.39 is 6.04 Å². The minimum absolute atomic E-state index is 0.160. The molecule has 3 heterocycles. The van der Waals surface area contributed by atoms with Crippen LogP contribution in [0.2, 0.25) is 0 Å². The highest BCUT2D eigenvalue weighted by Gasteiger charge is 2.23. The Kier molecular flexibility index (Phi) is 5.49. The number of aryl methyl sites for hydroxylation is 2. The molecule has 0 aliphatic heterocycles. The molecule has 0 saturated heterocycles. The van der Waals surface area contributed by atoms with Crippen molar-refractivity contribution in [3.63, 3.8) is 0 Å². The van der Waals surface area contributed by atoms with Gasteiger partial charge in [-0.05, 0) is 49.3 Å². The van der Waals surface area contributed by atoms with Crippen LogP contribution < -0.4 is 10.9 Å². The van der Waals surface area contributed by atoms with Gasteiger partial charge in [0.15, 0.2) is 0 Å². The number of fused-ring (bicyclic) bond motifs is 3. The zero-order chi connectivity index (χ0) is 20.4. The lowest BCUT2D eigenvalue weighted by molar-refractivity contribution is -0.124. The van der Waals surface area contributed by atoms with Crippen molar-refractivity contribution in [1.29, 1.82) is 0 Å². The number of hydrogen-bond acceptors (Lipinski definition) is 4. The molecular weight excluding hydrogens is 384 g/mol. The van der Waals surface area contributed by atoms with Crippen molar-refractivity contribution in [3.8, 4) is 0 Å². The lowest BCUT2D eigenvalue weighted by Crippen LogP contribution is -2.39. The Bertz CT molecular complexity index is 1210. The molecule has 4 rings (SSSR count). The SMILES string of the molecule is CC[C@H](C(=O)NCCCc1ccccc1)n1nc(C)n2c(cc3sccc32)c1=O. The second-order valence-electron chi connectivity index (χ2n) is 7.14. The van der Waals surface area contributed by atoms with Crippen LogP contribution in [-0.4, -0.2) is 26.6 Å². The van der Waals surface area contributed by atoms with Gasteiger partial charge in [0.25, 0.3) is 5.56 Å². The van der Waals surface area contributed by atoms with Gasteiger partial charge in [-0.3, -0.25) is 14.0 Å². The molecule has 4 aromatic rings. The normalized spacial score (nSPS) is 12.5. The number of thiophene rings is 1. The first kappa shape index (κ1) is 19.4. The maximum Gasteiger partial charge on any atom is 0.291 e. The summed E-state index contributed by atoms with van der Waals surface area (Å²) in [4.78, 5) is 25.9. The molecule has 1 amide bonds. The third kappa shape index (κ3) is 3.70. The van der Waals surface area contributed by atoms with E-state index >= 15 is 0 Å². The summed E-state index contributed by atoms with van der Waals surface area (Å²) in [5.41, 5.74) is 2.57. The molecule has 0 spiro atoms. The first-order valence-electron chi connectivity index (χ1n) is 9.90. The van der Waals surface area contributed by atoms with Crippen LogP contribution in [0.25, 0.3) is 15.7 Å². The Hall–Kier alpha value is -2.93. The molecule has 7 heteroatoms. The van der Waals surface area contributed by atoms with E-state index in [9.17, 15) is 9.59 Å². The number of hydrogen-bond donors (Lipinski definition) is 1. The van der Waals surface area contributed by atoms with E-state index in [1.54, 1.807) is 11.3 Å². The van der Waals surface area contributed by atoms with Gasteiger partial charge < -0.3 is 5.32 Å². The molecule has 3 aromatic heterocycles. The van der Waals surface area contributed by atoms with E-state index in [0.717, 1.165) is 23.1 Å². The summed E-state index contributed by atoms with van der Waals surface area (Å²) in [6.45, 7) is 4.34. The predicted octanol–water partition coefficient (Wildman–Crippen LogP) is 3.72. The summed E-state index contributed by atoms with van der Waals surface area (Å²) >= 11 is 1.59. The zero-order valence-corrected chi connectivity index (χ0v) is 17.4. The standard InChI is InChI=1S/C22H24N4O2S/c1-3-17(21(27)23-12-7-10-16-8-5-4-6-9-16)26-22(28)19-14-20-18(11-13-29-20)25(19)15(2)24-26/h4-6,8-9,11,13-14,17H,3,7,10,12H2,1-2H3,(H,23,27)/t17-/m1/s1. The quantitative estimate of drug-likeness (QED) is 0.474. The third-order valence-corrected chi connectivity index (χ3v) is 6.05. The first-order chi connectivity index (χ1) is 14.1. The fourth-order valence-electron chi connectivity index (χ4n) is 3.74. The van der Waals surface area contributed by atoms with Crippen molar-refractivity contribution in [2.75, 3.05) is 6.54 Å². The molecule has 150 valence electrons. The molecule has 0 radical (unpaired) electrons. The van der Waals surface area contributed by atoms with Gasteiger partial charge in [-0.15, -0.1) is 11.3 Å². The molecule has 1 N–H and O–H groups in total. The van der Waals surface area contributed by atoms with Gasteiger partial charge in [0, 0.05) is 6.54 Å². The summed E-state index contributed by atoms with van der Waals surface area (Å²) in [6, 6.07) is 13.5. The highest BCUT2D eigenvalue weighted by atomic mass is 32.1. The van der Waals surface area contributed by atoms with Crippen LogP contribution in [0.5, 0.6) is 0 Å². The van der Waals surface area contributed by atoms with Gasteiger partial charge in [-0.2, -0.15) is 5.10 Å². The molecule has 29 heavy (non-hydrogen) atoms. The molecule has 6 nitrogen and oxygen atoms in total. The average molecular weight is 409 g/mol. The van der Waals surface area contributed by atoms with Gasteiger partial charge in [0.05, 0.1) is 10.2 Å². The Morgan fingerprint density at radius 1 is 1.21 bits per heavy atom. The molecule has 1 aromatic carbocycles. The maximum atomic E-state index is 13.1. The molecular formula is C22H24N4O2S. The summed E-state index contributed by atoms with van der Waals surface area (Å²) in [6.07, 6.45) is 2.26. The molecule has 0 unspecified atom stereocenters. The molecule has 1 atom stereocenters. The topological polar surface area (TPSA) is 68.4 Å². The smallest absolute Gasteiger partial charge is 0.291 e. The van der Waals surface area contributed by atoms with Crippen molar-refractivity contribution in [2.45, 2.75) is 39.2 Å². The van der Waals surface area contributed by atoms with Crippen molar-refractivity contribution >= 4 is 33.0 Å². The highest BCUT2D eigenvalue weighted by Crippen LogP contribution is 2.24. The number of aromatic nitrogens is 3. The minimum Gasteiger partial charge on any atom is -0.354 e. The number of nitrogens with zero attached hydrogens (tertiary/aromatic N) is 3. The highest BCUT2D eigenvalue weighted by molar-refractivity contribution is 7.17. The first-order valence-corrected chi connectivity index (χ1v) is 10.8. The van der Waals surface area contributed by atoms with Crippen molar-refractivity contribution < 1.29 is 4.79 Å². The van der Waals surface area contributed by atoms with Crippen LogP contribution in [0.1, 0.15) is 37.2 Å². The third-order valence-electron chi connectivity index (χ3n) is 5.20. The van der Waals surface area contributed by atoms with Crippen LogP contribution in [-0.2, 0) is 11.2 Å². The average Bonchev–Trinajstić information content (AvgIpc) is 3.32. The number of nitrogens with one attached hydrogen (secondary N) is 1. The lowest BCUT2D eigenvalue weighted by atomic mass is 10.1. The van der Waals surface area contributed by atoms with E-state index in [-0.39, 0.29) is 11.5 Å². The van der Waals surface area contributed by atoms with Crippen molar-refractivity contribution in [1.82, 2.24) is 19.5 Å². The summed E-state index contributed by atoms with van der Waals surface area (Å²) in [5, 5.41) is 9.46. The molecule has 0 saturated carbocycles. The predicted molar refractivity (Wildman–Crippen MR) is 117 cm³/mol. The summed E-state index contributed by atoms with van der Waals surface area (Å²) in [7, 11) is 0. The van der Waals surface area contributed by atoms with Gasteiger partial charge in [0.1, 0.15) is 17.4 Å². The Morgan fingerprint density at radius 2 is 2.00 bits per heavy atom. The van der Waals surface area contributed by atoms with Crippen LogP contribution >= 0.6 is 11.3 Å². The second-order valence-corrected chi connectivity index (χ2v) is 8.08. The lowest BCUT2D eigenvalue weighted by Gasteiger charge is -2.18. The van der Waals surface area contributed by atoms with Crippen LogP contribution in [0.4, 0.5) is 0 Å². The van der Waals surface area contributed by atoms with Crippen molar-refractivity contribution in [3.05, 3.63) is 69.6 Å². The van der Waals surface area contributed by atoms with E-state index in [4.69, 9.17) is 0 Å². The van der Waals surface area contributed by atoms with Gasteiger partial charge >= 0.3 is 0 Å². The number of amides is 1. The van der Waals surface area contributed by atoms with E-state index in [2.05, 4.69) is 22.5 Å². The number of carbonyl (C=O) groups excluding carboxylic acids is 1. The number of rotatable bonds is 7. The molecule has 0 bridgehead atoms. The van der Waals surface area contributed by atoms with Crippen molar-refractivity contribution in [2.24, 2.45) is 0 Å². The second kappa shape index (κ2) is 8.21. The number of carbonyl (C=O) groups is 1. The molecule has 0 aliphatic carbocycles.